The van der Waals surface area contributed by atoms with Crippen LogP contribution in [-0.4, -0.2) is 29.0 Å². The molecule has 0 aliphatic heterocycles. The summed E-state index contributed by atoms with van der Waals surface area (Å²) in [6, 6.07) is 0. The first-order valence-electron chi connectivity index (χ1n) is 4.84. The van der Waals surface area contributed by atoms with E-state index in [1.165, 1.54) is 0 Å². The van der Waals surface area contributed by atoms with Gasteiger partial charge in [-0.3, -0.25) is 0 Å². The maximum absolute atomic E-state index is 8.32. The Labute approximate surface area is 82.0 Å². The number of rotatable bonds is 4. The van der Waals surface area contributed by atoms with E-state index < -0.39 is 0 Å². The second kappa shape index (κ2) is 8.48. The van der Waals surface area contributed by atoms with Crippen molar-refractivity contribution in [3.63, 3.8) is 0 Å². The molecule has 82 valence electrons. The van der Waals surface area contributed by atoms with Crippen LogP contribution < -0.4 is 5.73 Å². The smallest absolute Gasteiger partial charge is 0.0448 e. The van der Waals surface area contributed by atoms with E-state index in [4.69, 9.17) is 15.9 Å². The Kier molecular flexibility index (Phi) is 10.0. The Morgan fingerprint density at radius 2 is 1.62 bits per heavy atom. The van der Waals surface area contributed by atoms with Gasteiger partial charge < -0.3 is 15.9 Å². The largest absolute Gasteiger partial charge is 0.396 e. The van der Waals surface area contributed by atoms with E-state index in [1.54, 1.807) is 0 Å². The van der Waals surface area contributed by atoms with Crippen molar-refractivity contribution in [1.82, 2.24) is 0 Å². The molecule has 4 N–H and O–H groups in total. The summed E-state index contributed by atoms with van der Waals surface area (Å²) in [7, 11) is 0. The minimum absolute atomic E-state index is 0.184. The third-order valence-corrected chi connectivity index (χ3v) is 1.46. The van der Waals surface area contributed by atoms with Crippen LogP contribution in [0.1, 0.15) is 40.5 Å². The standard InChI is InChI=1S/C5H13NO.C5H12O/c1-5(2,6)3-4-7;1-5(2)3-4-6/h7H,3-4,6H2,1-2H3;5-6H,3-4H2,1-2H3. The molecule has 0 atom stereocenters. The van der Waals surface area contributed by atoms with Crippen LogP contribution in [0.25, 0.3) is 0 Å². The van der Waals surface area contributed by atoms with Gasteiger partial charge in [0.25, 0.3) is 0 Å². The van der Waals surface area contributed by atoms with Crippen molar-refractivity contribution in [2.75, 3.05) is 13.2 Å². The molecule has 3 heteroatoms. The third-order valence-electron chi connectivity index (χ3n) is 1.46. The van der Waals surface area contributed by atoms with Crippen molar-refractivity contribution in [1.29, 1.82) is 0 Å². The fourth-order valence-electron chi connectivity index (χ4n) is 0.546. The van der Waals surface area contributed by atoms with Crippen molar-refractivity contribution >= 4 is 0 Å². The highest BCUT2D eigenvalue weighted by molar-refractivity contribution is 4.69. The number of nitrogens with two attached hydrogens (primary N) is 1. The minimum Gasteiger partial charge on any atom is -0.396 e. The molecule has 0 radical (unpaired) electrons. The SMILES string of the molecule is CC(C)(N)CCO.CC(C)CCO. The monoisotopic (exact) mass is 191 g/mol. The van der Waals surface area contributed by atoms with Gasteiger partial charge >= 0.3 is 0 Å². The molecule has 0 aromatic heterocycles. The second-order valence-corrected chi connectivity index (χ2v) is 4.37. The summed E-state index contributed by atoms with van der Waals surface area (Å²) in [5.74, 6) is 0.648. The Morgan fingerprint density at radius 1 is 1.15 bits per heavy atom. The molecule has 0 amide bonds. The molecule has 13 heavy (non-hydrogen) atoms. The summed E-state index contributed by atoms with van der Waals surface area (Å²) in [6.07, 6.45) is 1.60. The summed E-state index contributed by atoms with van der Waals surface area (Å²) in [5.41, 5.74) is 5.29. The average molecular weight is 191 g/mol. The van der Waals surface area contributed by atoms with E-state index in [0.717, 1.165) is 6.42 Å². The molecule has 0 aromatic carbocycles. The summed E-state index contributed by atoms with van der Waals surface area (Å²) in [6.45, 7) is 8.49. The molecule has 3 nitrogen and oxygen atoms in total. The molecule has 0 spiro atoms. The number of aliphatic hydroxyl groups is 2. The van der Waals surface area contributed by atoms with Crippen molar-refractivity contribution in [3.8, 4) is 0 Å². The Hall–Kier alpha value is -0.120. The molecule has 0 saturated carbocycles. The summed E-state index contributed by atoms with van der Waals surface area (Å²) < 4.78 is 0. The fraction of sp³-hybridized carbons (Fsp3) is 1.00. The van der Waals surface area contributed by atoms with Crippen LogP contribution in [0.4, 0.5) is 0 Å². The van der Waals surface area contributed by atoms with Crippen molar-refractivity contribution in [2.24, 2.45) is 11.7 Å². The molecule has 0 aliphatic carbocycles. The maximum Gasteiger partial charge on any atom is 0.0448 e. The molecule has 0 bridgehead atoms. The van der Waals surface area contributed by atoms with Gasteiger partial charge in [0.2, 0.25) is 0 Å². The summed E-state index contributed by atoms with van der Waals surface area (Å²) in [4.78, 5) is 0. The molecule has 0 unspecified atom stereocenters. The lowest BCUT2D eigenvalue weighted by Crippen LogP contribution is -2.32. The Balaban J connectivity index is 0. The molecular weight excluding hydrogens is 166 g/mol. The second-order valence-electron chi connectivity index (χ2n) is 4.37. The van der Waals surface area contributed by atoms with Crippen molar-refractivity contribution < 1.29 is 10.2 Å². The van der Waals surface area contributed by atoms with Gasteiger partial charge in [0.15, 0.2) is 0 Å². The zero-order valence-corrected chi connectivity index (χ0v) is 9.38. The molecule has 0 heterocycles. The van der Waals surface area contributed by atoms with Gasteiger partial charge in [-0.05, 0) is 32.6 Å². The normalized spacial score (nSPS) is 11.1. The lowest BCUT2D eigenvalue weighted by atomic mass is 10.0. The van der Waals surface area contributed by atoms with Gasteiger partial charge in [0.1, 0.15) is 0 Å². The van der Waals surface area contributed by atoms with Gasteiger partial charge in [0.05, 0.1) is 0 Å². The van der Waals surface area contributed by atoms with Crippen LogP contribution in [-0.2, 0) is 0 Å². The van der Waals surface area contributed by atoms with Crippen LogP contribution in [0.2, 0.25) is 0 Å². The fourth-order valence-corrected chi connectivity index (χ4v) is 0.546. The predicted molar refractivity (Wildman–Crippen MR) is 56.5 cm³/mol. The number of hydrogen-bond donors (Lipinski definition) is 3. The lowest BCUT2D eigenvalue weighted by molar-refractivity contribution is 0.254. The maximum atomic E-state index is 8.32. The van der Waals surface area contributed by atoms with Gasteiger partial charge in [-0.25, -0.2) is 0 Å². The van der Waals surface area contributed by atoms with Crippen molar-refractivity contribution in [2.45, 2.75) is 46.1 Å². The van der Waals surface area contributed by atoms with Gasteiger partial charge in [-0.15, -0.1) is 0 Å². The topological polar surface area (TPSA) is 66.5 Å². The predicted octanol–water partition coefficient (Wildman–Crippen LogP) is 1.13. The molecular formula is C10H25NO2. The van der Waals surface area contributed by atoms with Crippen LogP contribution >= 0.6 is 0 Å². The minimum atomic E-state index is -0.200. The molecule has 0 saturated heterocycles. The first kappa shape index (κ1) is 15.4. The van der Waals surface area contributed by atoms with E-state index in [1.807, 2.05) is 13.8 Å². The third kappa shape index (κ3) is 24.5. The Morgan fingerprint density at radius 3 is 1.62 bits per heavy atom. The zero-order valence-electron chi connectivity index (χ0n) is 9.38. The average Bonchev–Trinajstić information content (AvgIpc) is 1.84. The molecule has 0 aromatic rings. The molecule has 0 fully saturated rings. The summed E-state index contributed by atoms with van der Waals surface area (Å²) in [5, 5.41) is 16.6. The van der Waals surface area contributed by atoms with E-state index in [0.29, 0.717) is 18.9 Å². The number of hydrogen-bond acceptors (Lipinski definition) is 3. The zero-order chi connectivity index (χ0) is 10.9. The van der Waals surface area contributed by atoms with E-state index in [2.05, 4.69) is 13.8 Å². The summed E-state index contributed by atoms with van der Waals surface area (Å²) >= 11 is 0. The van der Waals surface area contributed by atoms with Crippen molar-refractivity contribution in [3.05, 3.63) is 0 Å². The quantitative estimate of drug-likeness (QED) is 0.624. The number of aliphatic hydroxyl groups excluding tert-OH is 2. The van der Waals surface area contributed by atoms with Crippen LogP contribution in [0.5, 0.6) is 0 Å². The molecule has 0 aliphatic rings. The molecule has 0 rings (SSSR count). The highest BCUT2D eigenvalue weighted by Crippen LogP contribution is 2.00. The highest BCUT2D eigenvalue weighted by Gasteiger charge is 2.07. The first-order chi connectivity index (χ1) is 5.83. The van der Waals surface area contributed by atoms with E-state index in [9.17, 15) is 0 Å². The van der Waals surface area contributed by atoms with Gasteiger partial charge in [-0.2, -0.15) is 0 Å². The van der Waals surface area contributed by atoms with E-state index >= 15 is 0 Å². The lowest BCUT2D eigenvalue weighted by Gasteiger charge is -2.15. The highest BCUT2D eigenvalue weighted by atomic mass is 16.3. The van der Waals surface area contributed by atoms with Gasteiger partial charge in [-0.1, -0.05) is 13.8 Å². The van der Waals surface area contributed by atoms with Crippen LogP contribution in [0, 0.1) is 5.92 Å². The van der Waals surface area contributed by atoms with Crippen LogP contribution in [0.3, 0.4) is 0 Å². The van der Waals surface area contributed by atoms with Gasteiger partial charge in [0, 0.05) is 18.8 Å². The van der Waals surface area contributed by atoms with E-state index in [-0.39, 0.29) is 12.1 Å². The van der Waals surface area contributed by atoms with Crippen LogP contribution in [0.15, 0.2) is 0 Å². The Bertz CT molecular complexity index is 97.6. The first-order valence-corrected chi connectivity index (χ1v) is 4.84.